The van der Waals surface area contributed by atoms with Crippen molar-refractivity contribution in [2.45, 2.75) is 12.8 Å². The van der Waals surface area contributed by atoms with E-state index in [-0.39, 0.29) is 31.2 Å². The van der Waals surface area contributed by atoms with Gasteiger partial charge in [0.05, 0.1) is 12.2 Å². The average molecular weight is 478 g/mol. The molecule has 0 fully saturated rings. The predicted octanol–water partition coefficient (Wildman–Crippen LogP) is 4.18. The number of rotatable bonds is 7. The lowest BCUT2D eigenvalue weighted by Gasteiger charge is -2.16. The molecule has 0 atom stereocenters. The molecule has 0 unspecified atom stereocenters. The van der Waals surface area contributed by atoms with Crippen molar-refractivity contribution in [1.82, 2.24) is 15.0 Å². The van der Waals surface area contributed by atoms with Crippen LogP contribution < -0.4 is 5.32 Å². The zero-order valence-corrected chi connectivity index (χ0v) is 17.9. The van der Waals surface area contributed by atoms with E-state index in [1.165, 1.54) is 4.90 Å². The Morgan fingerprint density at radius 2 is 1.90 bits per heavy atom. The topological polar surface area (TPSA) is 88.3 Å². The van der Waals surface area contributed by atoms with E-state index in [1.807, 2.05) is 18.2 Å². The van der Waals surface area contributed by atoms with Crippen molar-refractivity contribution >= 4 is 45.0 Å². The van der Waals surface area contributed by atoms with Crippen molar-refractivity contribution in [2.75, 3.05) is 18.9 Å². The first kappa shape index (κ1) is 21.0. The van der Waals surface area contributed by atoms with Gasteiger partial charge in [-0.2, -0.15) is 4.98 Å². The van der Waals surface area contributed by atoms with E-state index in [0.717, 1.165) is 10.0 Å². The monoisotopic (exact) mass is 476 g/mol. The Morgan fingerprint density at radius 1 is 1.17 bits per heavy atom. The van der Waals surface area contributed by atoms with Crippen molar-refractivity contribution in [2.24, 2.45) is 0 Å². The number of carbonyl (C=O) groups excluding carboxylic acids is 2. The Kier molecular flexibility index (Phi) is 7.00. The minimum absolute atomic E-state index is 0.0555. The van der Waals surface area contributed by atoms with E-state index in [2.05, 4.69) is 31.4 Å². The van der Waals surface area contributed by atoms with Gasteiger partial charge >= 0.3 is 0 Å². The number of amides is 2. The van der Waals surface area contributed by atoms with E-state index >= 15 is 0 Å². The van der Waals surface area contributed by atoms with E-state index < -0.39 is 0 Å². The number of hydrogen-bond donors (Lipinski definition) is 1. The van der Waals surface area contributed by atoms with Crippen LogP contribution in [0.4, 0.5) is 5.69 Å². The van der Waals surface area contributed by atoms with Crippen LogP contribution in [0.5, 0.6) is 0 Å². The summed E-state index contributed by atoms with van der Waals surface area (Å²) in [7, 11) is 1.58. The Bertz CT molecular complexity index is 1010. The summed E-state index contributed by atoms with van der Waals surface area (Å²) in [5, 5.41) is 7.31. The smallest absolute Gasteiger partial charge is 0.244 e. The third kappa shape index (κ3) is 5.88. The van der Waals surface area contributed by atoms with Gasteiger partial charge in [-0.15, -0.1) is 0 Å². The summed E-state index contributed by atoms with van der Waals surface area (Å²) in [6, 6.07) is 14.3. The van der Waals surface area contributed by atoms with E-state index in [1.54, 1.807) is 37.4 Å². The van der Waals surface area contributed by atoms with Crippen LogP contribution in [-0.4, -0.2) is 40.4 Å². The number of anilines is 1. The summed E-state index contributed by atoms with van der Waals surface area (Å²) in [5.74, 6) is 0.314. The number of nitrogens with one attached hydrogen (secondary N) is 1. The van der Waals surface area contributed by atoms with E-state index in [0.29, 0.717) is 22.4 Å². The molecule has 1 heterocycles. The first-order valence-electron chi connectivity index (χ1n) is 8.79. The third-order valence-electron chi connectivity index (χ3n) is 4.08. The molecule has 0 bridgehead atoms. The number of halogens is 2. The normalized spacial score (nSPS) is 10.6. The fourth-order valence-corrected chi connectivity index (χ4v) is 3.04. The Labute approximate surface area is 181 Å². The summed E-state index contributed by atoms with van der Waals surface area (Å²) >= 11 is 9.24. The molecule has 1 N–H and O–H groups in total. The van der Waals surface area contributed by atoms with Crippen LogP contribution >= 0.6 is 27.5 Å². The molecule has 0 radical (unpaired) electrons. The minimum atomic E-state index is -0.282. The molecule has 29 heavy (non-hydrogen) atoms. The fourth-order valence-electron chi connectivity index (χ4n) is 2.53. The highest BCUT2D eigenvalue weighted by Gasteiger charge is 2.16. The van der Waals surface area contributed by atoms with Gasteiger partial charge in [-0.25, -0.2) is 0 Å². The van der Waals surface area contributed by atoms with E-state index in [9.17, 15) is 9.59 Å². The molecule has 2 aromatic carbocycles. The molecule has 0 spiro atoms. The Morgan fingerprint density at radius 3 is 2.62 bits per heavy atom. The van der Waals surface area contributed by atoms with Crippen LogP contribution in [-0.2, 0) is 16.0 Å². The van der Waals surface area contributed by atoms with Crippen molar-refractivity contribution in [1.29, 1.82) is 0 Å². The summed E-state index contributed by atoms with van der Waals surface area (Å²) in [5.41, 5.74) is 1.43. The summed E-state index contributed by atoms with van der Waals surface area (Å²) < 4.78 is 5.98. The maximum Gasteiger partial charge on any atom is 0.244 e. The first-order chi connectivity index (χ1) is 13.9. The van der Waals surface area contributed by atoms with Gasteiger partial charge in [0, 0.05) is 34.9 Å². The van der Waals surface area contributed by atoms with Crippen LogP contribution in [0.15, 0.2) is 57.5 Å². The molecule has 0 aliphatic rings. The number of aryl methyl sites for hydroxylation is 1. The van der Waals surface area contributed by atoms with Crippen LogP contribution in [0.1, 0.15) is 12.3 Å². The van der Waals surface area contributed by atoms with Crippen LogP contribution in [0, 0.1) is 0 Å². The van der Waals surface area contributed by atoms with Crippen molar-refractivity contribution in [3.8, 4) is 11.4 Å². The zero-order chi connectivity index (χ0) is 20.8. The Balaban J connectivity index is 1.49. The maximum atomic E-state index is 12.3. The fraction of sp³-hybridized carbons (Fsp3) is 0.200. The molecule has 0 saturated heterocycles. The number of hydrogen-bond acceptors (Lipinski definition) is 5. The summed E-state index contributed by atoms with van der Waals surface area (Å²) in [6.45, 7) is -0.0555. The minimum Gasteiger partial charge on any atom is -0.339 e. The largest absolute Gasteiger partial charge is 0.339 e. The van der Waals surface area contributed by atoms with Gasteiger partial charge in [-0.05, 0) is 52.3 Å². The molecule has 2 amide bonds. The molecule has 9 heteroatoms. The second kappa shape index (κ2) is 9.67. The number of nitrogens with zero attached hydrogens (tertiary/aromatic N) is 3. The molecular weight excluding hydrogens is 460 g/mol. The van der Waals surface area contributed by atoms with Gasteiger partial charge in [0.15, 0.2) is 0 Å². The standard InChI is InChI=1S/C20H18BrClN4O3/c1-26(12-17(27)23-16-5-3-2-4-15(16)21)19(28)11-10-18-24-20(25-29-18)13-6-8-14(22)9-7-13/h2-9H,10-12H2,1H3,(H,23,27). The maximum absolute atomic E-state index is 12.3. The molecular formula is C20H18BrClN4O3. The number of aromatic nitrogens is 2. The highest BCUT2D eigenvalue weighted by atomic mass is 79.9. The SMILES string of the molecule is CN(CC(=O)Nc1ccccc1Br)C(=O)CCc1nc(-c2ccc(Cl)cc2)no1. The van der Waals surface area contributed by atoms with E-state index in [4.69, 9.17) is 16.1 Å². The van der Waals surface area contributed by atoms with Gasteiger partial charge in [0.2, 0.25) is 23.5 Å². The number of likely N-dealkylation sites (N-methyl/N-ethyl adjacent to an activating group) is 1. The molecule has 3 rings (SSSR count). The predicted molar refractivity (Wildman–Crippen MR) is 113 cm³/mol. The van der Waals surface area contributed by atoms with Crippen LogP contribution in [0.3, 0.4) is 0 Å². The first-order valence-corrected chi connectivity index (χ1v) is 9.96. The lowest BCUT2D eigenvalue weighted by Crippen LogP contribution is -2.35. The zero-order valence-electron chi connectivity index (χ0n) is 15.6. The van der Waals surface area contributed by atoms with Crippen molar-refractivity contribution < 1.29 is 14.1 Å². The van der Waals surface area contributed by atoms with Crippen molar-refractivity contribution in [3.63, 3.8) is 0 Å². The van der Waals surface area contributed by atoms with Crippen LogP contribution in [0.2, 0.25) is 5.02 Å². The summed E-state index contributed by atoms with van der Waals surface area (Å²) in [6.07, 6.45) is 0.441. The quantitative estimate of drug-likeness (QED) is 0.551. The second-order valence-corrected chi connectivity index (χ2v) is 7.59. The van der Waals surface area contributed by atoms with Crippen molar-refractivity contribution in [3.05, 3.63) is 63.9 Å². The lowest BCUT2D eigenvalue weighted by molar-refractivity contribution is -0.133. The highest BCUT2D eigenvalue weighted by molar-refractivity contribution is 9.10. The lowest BCUT2D eigenvalue weighted by atomic mass is 10.2. The molecule has 150 valence electrons. The average Bonchev–Trinajstić information content (AvgIpc) is 3.17. The number of benzene rings is 2. The number of para-hydroxylation sites is 1. The van der Waals surface area contributed by atoms with Crippen LogP contribution in [0.25, 0.3) is 11.4 Å². The van der Waals surface area contributed by atoms with Gasteiger partial charge < -0.3 is 14.7 Å². The molecule has 0 saturated carbocycles. The van der Waals surface area contributed by atoms with Gasteiger partial charge in [-0.3, -0.25) is 9.59 Å². The number of carbonyl (C=O) groups is 2. The highest BCUT2D eigenvalue weighted by Crippen LogP contribution is 2.21. The molecule has 7 nitrogen and oxygen atoms in total. The van der Waals surface area contributed by atoms with Gasteiger partial charge in [-0.1, -0.05) is 28.9 Å². The third-order valence-corrected chi connectivity index (χ3v) is 5.02. The Hall–Kier alpha value is -2.71. The van der Waals surface area contributed by atoms with Gasteiger partial charge in [0.25, 0.3) is 0 Å². The molecule has 0 aliphatic carbocycles. The molecule has 0 aliphatic heterocycles. The molecule has 3 aromatic rings. The molecule has 1 aromatic heterocycles. The summed E-state index contributed by atoms with van der Waals surface area (Å²) in [4.78, 5) is 30.1. The second-order valence-electron chi connectivity index (χ2n) is 6.30. The van der Waals surface area contributed by atoms with Gasteiger partial charge in [0.1, 0.15) is 0 Å².